The molecule has 4 rings (SSSR count). The van der Waals surface area contributed by atoms with Crippen molar-refractivity contribution in [2.45, 2.75) is 20.4 Å². The summed E-state index contributed by atoms with van der Waals surface area (Å²) in [4.78, 5) is 29.1. The highest BCUT2D eigenvalue weighted by Crippen LogP contribution is 2.24. The number of aromatic nitrogens is 4. The van der Waals surface area contributed by atoms with Crippen LogP contribution >= 0.6 is 11.6 Å². The van der Waals surface area contributed by atoms with Crippen LogP contribution in [0.25, 0.3) is 5.65 Å². The molecule has 0 aliphatic heterocycles. The number of amides is 1. The monoisotopic (exact) mass is 441 g/mol. The largest absolute Gasteiger partial charge is 0.436 e. The molecule has 0 atom stereocenters. The Balaban J connectivity index is 1.61. The van der Waals surface area contributed by atoms with E-state index >= 15 is 0 Å². The highest BCUT2D eigenvalue weighted by atomic mass is 35.5. The molecule has 0 radical (unpaired) electrons. The molecule has 1 amide bonds. The second-order valence-electron chi connectivity index (χ2n) is 6.96. The van der Waals surface area contributed by atoms with Crippen LogP contribution in [0.15, 0.2) is 53.6 Å². The Hall–Kier alpha value is -3.72. The smallest absolute Gasteiger partial charge is 0.351 e. The molecule has 0 spiro atoms. The van der Waals surface area contributed by atoms with Gasteiger partial charge >= 0.3 is 5.69 Å². The number of ether oxygens (including phenoxy) is 1. The zero-order valence-electron chi connectivity index (χ0n) is 16.6. The average Bonchev–Trinajstić information content (AvgIpc) is 3.00. The minimum absolute atomic E-state index is 0.0493. The van der Waals surface area contributed by atoms with Gasteiger partial charge in [-0.2, -0.15) is 0 Å². The van der Waals surface area contributed by atoms with E-state index in [0.717, 1.165) is 21.9 Å². The fraction of sp³-hybridized carbons (Fsp3) is 0.143. The van der Waals surface area contributed by atoms with E-state index in [1.807, 2.05) is 32.0 Å². The number of nitrogens with zero attached hydrogens (tertiary/aromatic N) is 4. The number of anilines is 1. The molecule has 4 aromatic rings. The van der Waals surface area contributed by atoms with Crippen LogP contribution in [0.3, 0.4) is 0 Å². The number of carbonyl (C=O) groups is 1. The molecule has 31 heavy (non-hydrogen) atoms. The Labute approximate surface area is 180 Å². The lowest BCUT2D eigenvalue weighted by atomic mass is 10.1. The van der Waals surface area contributed by atoms with Gasteiger partial charge in [-0.25, -0.2) is 23.3 Å². The first-order valence-electron chi connectivity index (χ1n) is 9.25. The predicted molar refractivity (Wildman–Crippen MR) is 113 cm³/mol. The van der Waals surface area contributed by atoms with Crippen LogP contribution in [0.2, 0.25) is 5.02 Å². The van der Waals surface area contributed by atoms with Crippen molar-refractivity contribution in [1.29, 1.82) is 0 Å². The van der Waals surface area contributed by atoms with Gasteiger partial charge in [-0.3, -0.25) is 4.79 Å². The van der Waals surface area contributed by atoms with Crippen molar-refractivity contribution < 1.29 is 13.9 Å². The number of benzene rings is 2. The van der Waals surface area contributed by atoms with E-state index in [9.17, 15) is 14.0 Å². The third-order valence-electron chi connectivity index (χ3n) is 4.38. The molecular formula is C21H17ClFN5O3. The van der Waals surface area contributed by atoms with E-state index in [0.29, 0.717) is 5.75 Å². The number of fused-ring (bicyclic) bond motifs is 1. The van der Waals surface area contributed by atoms with Gasteiger partial charge < -0.3 is 10.1 Å². The summed E-state index contributed by atoms with van der Waals surface area (Å²) in [6, 6.07) is 9.53. The maximum absolute atomic E-state index is 13.9. The van der Waals surface area contributed by atoms with E-state index < -0.39 is 24.0 Å². The molecule has 158 valence electrons. The summed E-state index contributed by atoms with van der Waals surface area (Å²) in [6.07, 6.45) is 2.83. The molecule has 0 saturated carbocycles. The molecule has 8 nitrogen and oxygen atoms in total. The van der Waals surface area contributed by atoms with Gasteiger partial charge in [0.1, 0.15) is 18.1 Å². The molecule has 0 aliphatic rings. The maximum atomic E-state index is 13.9. The van der Waals surface area contributed by atoms with Crippen LogP contribution in [0, 0.1) is 19.7 Å². The number of rotatable bonds is 5. The highest BCUT2D eigenvalue weighted by molar-refractivity contribution is 6.30. The van der Waals surface area contributed by atoms with Gasteiger partial charge in [-0.1, -0.05) is 17.7 Å². The van der Waals surface area contributed by atoms with Crippen LogP contribution < -0.4 is 15.7 Å². The molecule has 10 heteroatoms. The van der Waals surface area contributed by atoms with Crippen molar-refractivity contribution in [3.05, 3.63) is 81.2 Å². The average molecular weight is 442 g/mol. The van der Waals surface area contributed by atoms with E-state index in [4.69, 9.17) is 16.3 Å². The summed E-state index contributed by atoms with van der Waals surface area (Å²) < 4.78 is 21.9. The topological polar surface area (TPSA) is 90.5 Å². The van der Waals surface area contributed by atoms with Gasteiger partial charge in [-0.05, 0) is 55.3 Å². The first-order valence-corrected chi connectivity index (χ1v) is 9.63. The first kappa shape index (κ1) is 20.5. The van der Waals surface area contributed by atoms with Crippen molar-refractivity contribution >= 4 is 28.8 Å². The molecule has 0 bridgehead atoms. The summed E-state index contributed by atoms with van der Waals surface area (Å²) in [5, 5.41) is 6.78. The molecule has 0 saturated heterocycles. The minimum atomic E-state index is -0.684. The molecule has 2 aromatic carbocycles. The Morgan fingerprint density at radius 1 is 1.19 bits per heavy atom. The van der Waals surface area contributed by atoms with Gasteiger partial charge in [-0.15, -0.1) is 5.10 Å². The zero-order chi connectivity index (χ0) is 22.1. The van der Waals surface area contributed by atoms with Gasteiger partial charge in [0.25, 0.3) is 5.88 Å². The lowest BCUT2D eigenvalue weighted by molar-refractivity contribution is -0.117. The third kappa shape index (κ3) is 4.41. The van der Waals surface area contributed by atoms with Crippen molar-refractivity contribution in [2.24, 2.45) is 0 Å². The predicted octanol–water partition coefficient (Wildman–Crippen LogP) is 3.73. The highest BCUT2D eigenvalue weighted by Gasteiger charge is 2.16. The van der Waals surface area contributed by atoms with Gasteiger partial charge in [0.05, 0.1) is 5.69 Å². The molecule has 2 aromatic heterocycles. The van der Waals surface area contributed by atoms with E-state index in [1.165, 1.54) is 28.9 Å². The Morgan fingerprint density at radius 2 is 1.94 bits per heavy atom. The minimum Gasteiger partial charge on any atom is -0.436 e. The Morgan fingerprint density at radius 3 is 2.65 bits per heavy atom. The summed E-state index contributed by atoms with van der Waals surface area (Å²) >= 11 is 5.71. The normalized spacial score (nSPS) is 11.0. The first-order chi connectivity index (χ1) is 14.8. The Kier molecular flexibility index (Phi) is 5.43. The summed E-state index contributed by atoms with van der Waals surface area (Å²) in [5.74, 6) is -0.642. The van der Waals surface area contributed by atoms with Crippen LogP contribution in [0.4, 0.5) is 10.1 Å². The standard InChI is InChI=1S/C21H17ClFN5O3/c1-12-7-13(2)9-15(8-12)31-20-19-26-28(21(30)27(19)6-5-24-20)11-18(29)25-17-4-3-14(22)10-16(17)23/h3-10H,11H2,1-2H3,(H,25,29). The Bertz CT molecular complexity index is 1340. The van der Waals surface area contributed by atoms with Gasteiger partial charge in [0, 0.05) is 17.4 Å². The second-order valence-corrected chi connectivity index (χ2v) is 7.40. The number of nitrogens with one attached hydrogen (secondary N) is 1. The van der Waals surface area contributed by atoms with Crippen LogP contribution in [0.5, 0.6) is 11.6 Å². The summed E-state index contributed by atoms with van der Waals surface area (Å²) in [7, 11) is 0. The maximum Gasteiger partial charge on any atom is 0.351 e. The lowest BCUT2D eigenvalue weighted by Crippen LogP contribution is -2.28. The summed E-state index contributed by atoms with van der Waals surface area (Å²) in [6.45, 7) is 3.45. The third-order valence-corrected chi connectivity index (χ3v) is 4.61. The van der Waals surface area contributed by atoms with E-state index in [-0.39, 0.29) is 22.2 Å². The SMILES string of the molecule is Cc1cc(C)cc(Oc2nccn3c(=O)n(CC(=O)Nc4ccc(Cl)cc4F)nc23)c1. The fourth-order valence-corrected chi connectivity index (χ4v) is 3.28. The van der Waals surface area contributed by atoms with Crippen molar-refractivity contribution in [2.75, 3.05) is 5.32 Å². The molecule has 1 N–H and O–H groups in total. The van der Waals surface area contributed by atoms with Crippen molar-refractivity contribution in [1.82, 2.24) is 19.2 Å². The van der Waals surface area contributed by atoms with Crippen molar-refractivity contribution in [3.8, 4) is 11.6 Å². The van der Waals surface area contributed by atoms with Crippen LogP contribution in [0.1, 0.15) is 11.1 Å². The molecular weight excluding hydrogens is 425 g/mol. The molecule has 2 heterocycles. The number of halogens is 2. The number of hydrogen-bond acceptors (Lipinski definition) is 5. The van der Waals surface area contributed by atoms with Crippen LogP contribution in [-0.4, -0.2) is 25.1 Å². The van der Waals surface area contributed by atoms with Gasteiger partial charge in [0.15, 0.2) is 0 Å². The number of hydrogen-bond donors (Lipinski definition) is 1. The summed E-state index contributed by atoms with van der Waals surface area (Å²) in [5.41, 5.74) is 1.56. The van der Waals surface area contributed by atoms with Crippen molar-refractivity contribution in [3.63, 3.8) is 0 Å². The quantitative estimate of drug-likeness (QED) is 0.509. The van der Waals surface area contributed by atoms with E-state index in [2.05, 4.69) is 15.4 Å². The lowest BCUT2D eigenvalue weighted by Gasteiger charge is -2.07. The van der Waals surface area contributed by atoms with Crippen LogP contribution in [-0.2, 0) is 11.3 Å². The second kappa shape index (κ2) is 8.19. The zero-order valence-corrected chi connectivity index (χ0v) is 17.4. The molecule has 0 unspecified atom stereocenters. The molecule has 0 aliphatic carbocycles. The molecule has 0 fully saturated rings. The fourth-order valence-electron chi connectivity index (χ4n) is 3.12. The van der Waals surface area contributed by atoms with Gasteiger partial charge in [0.2, 0.25) is 11.6 Å². The number of aryl methyl sites for hydroxylation is 2. The van der Waals surface area contributed by atoms with E-state index in [1.54, 1.807) is 0 Å². The number of carbonyl (C=O) groups excluding carboxylic acids is 1.